The van der Waals surface area contributed by atoms with Crippen molar-refractivity contribution in [2.24, 2.45) is 0 Å². The van der Waals surface area contributed by atoms with Crippen LogP contribution >= 0.6 is 0 Å². The third-order valence-electron chi connectivity index (χ3n) is 2.53. The molecular weight excluding hydrogens is 228 g/mol. The van der Waals surface area contributed by atoms with E-state index in [1.807, 2.05) is 6.92 Å². The largest absolute Gasteiger partial charge is 0.453 e. The van der Waals surface area contributed by atoms with E-state index in [9.17, 15) is 9.59 Å². The summed E-state index contributed by atoms with van der Waals surface area (Å²) >= 11 is 0. The monoisotopic (exact) mass is 246 g/mol. The summed E-state index contributed by atoms with van der Waals surface area (Å²) in [6.07, 6.45) is -1.62. The molecule has 2 unspecified atom stereocenters. The van der Waals surface area contributed by atoms with Gasteiger partial charge in [0.15, 0.2) is 6.10 Å². The molecule has 17 heavy (non-hydrogen) atoms. The second-order valence-corrected chi connectivity index (χ2v) is 3.83. The summed E-state index contributed by atoms with van der Waals surface area (Å²) in [7, 11) is 1.50. The maximum Gasteiger partial charge on any atom is 0.305 e. The number of carbonyl (C=O) groups is 2. The summed E-state index contributed by atoms with van der Waals surface area (Å²) in [5, 5.41) is 0. The van der Waals surface area contributed by atoms with Crippen molar-refractivity contribution in [1.29, 1.82) is 0 Å². The zero-order chi connectivity index (χ0) is 13.0. The number of hydrogen-bond acceptors (Lipinski definition) is 6. The van der Waals surface area contributed by atoms with Crippen LogP contribution in [0.2, 0.25) is 0 Å². The minimum atomic E-state index is -0.897. The van der Waals surface area contributed by atoms with Crippen molar-refractivity contribution in [3.63, 3.8) is 0 Å². The smallest absolute Gasteiger partial charge is 0.305 e. The normalized spacial score (nSPS) is 32.2. The number of hydrogen-bond donors (Lipinski definition) is 0. The topological polar surface area (TPSA) is 71.1 Å². The maximum atomic E-state index is 11.0. The lowest BCUT2D eigenvalue weighted by molar-refractivity contribution is -0.195. The van der Waals surface area contributed by atoms with E-state index in [-0.39, 0.29) is 6.10 Å². The zero-order valence-electron chi connectivity index (χ0n) is 10.5. The molecule has 0 amide bonds. The van der Waals surface area contributed by atoms with Crippen LogP contribution in [0.5, 0.6) is 0 Å². The van der Waals surface area contributed by atoms with E-state index >= 15 is 0 Å². The molecule has 1 aliphatic rings. The van der Waals surface area contributed by atoms with Gasteiger partial charge in [-0.25, -0.2) is 0 Å². The number of rotatable bonds is 4. The van der Waals surface area contributed by atoms with Crippen LogP contribution < -0.4 is 0 Å². The molecule has 1 aliphatic heterocycles. The van der Waals surface area contributed by atoms with Gasteiger partial charge < -0.3 is 18.9 Å². The van der Waals surface area contributed by atoms with Crippen LogP contribution in [0.15, 0.2) is 0 Å². The van der Waals surface area contributed by atoms with E-state index in [2.05, 4.69) is 0 Å². The summed E-state index contributed by atoms with van der Waals surface area (Å²) in [6, 6.07) is 0. The van der Waals surface area contributed by atoms with Crippen LogP contribution in [0, 0.1) is 0 Å². The van der Waals surface area contributed by atoms with E-state index in [4.69, 9.17) is 18.9 Å². The molecule has 6 nitrogen and oxygen atoms in total. The first-order valence-corrected chi connectivity index (χ1v) is 5.52. The van der Waals surface area contributed by atoms with Gasteiger partial charge in [-0.1, -0.05) is 6.92 Å². The van der Waals surface area contributed by atoms with E-state index in [0.29, 0.717) is 6.42 Å². The number of carbonyl (C=O) groups excluding carboxylic acids is 2. The van der Waals surface area contributed by atoms with Crippen LogP contribution in [-0.2, 0) is 28.5 Å². The molecule has 0 aromatic rings. The van der Waals surface area contributed by atoms with Crippen molar-refractivity contribution < 1.29 is 28.5 Å². The molecule has 0 radical (unpaired) electrons. The molecule has 4 atom stereocenters. The van der Waals surface area contributed by atoms with Gasteiger partial charge in [-0.2, -0.15) is 0 Å². The van der Waals surface area contributed by atoms with Crippen molar-refractivity contribution >= 4 is 11.9 Å². The Morgan fingerprint density at radius 3 is 2.12 bits per heavy atom. The third-order valence-corrected chi connectivity index (χ3v) is 2.53. The fourth-order valence-electron chi connectivity index (χ4n) is 1.88. The van der Waals surface area contributed by atoms with Gasteiger partial charge in [0.05, 0.1) is 6.10 Å². The summed E-state index contributed by atoms with van der Waals surface area (Å²) in [5.41, 5.74) is 0. The minimum absolute atomic E-state index is 0.256. The van der Waals surface area contributed by atoms with Gasteiger partial charge in [0.2, 0.25) is 6.29 Å². The van der Waals surface area contributed by atoms with Crippen molar-refractivity contribution in [2.75, 3.05) is 7.11 Å². The molecule has 0 bridgehead atoms. The van der Waals surface area contributed by atoms with E-state index < -0.39 is 30.4 Å². The minimum Gasteiger partial charge on any atom is -0.453 e. The molecule has 6 heteroatoms. The highest BCUT2D eigenvalue weighted by atomic mass is 16.7. The van der Waals surface area contributed by atoms with Gasteiger partial charge in [0.1, 0.15) is 6.10 Å². The van der Waals surface area contributed by atoms with Crippen molar-refractivity contribution in [2.45, 2.75) is 51.8 Å². The van der Waals surface area contributed by atoms with Gasteiger partial charge in [-0.3, -0.25) is 9.59 Å². The molecular formula is C11H18O6. The average molecular weight is 246 g/mol. The fraction of sp³-hybridized carbons (Fsp3) is 0.818. The van der Waals surface area contributed by atoms with Crippen molar-refractivity contribution in [3.05, 3.63) is 0 Å². The lowest BCUT2D eigenvalue weighted by atomic mass is 10.1. The Kier molecular flexibility index (Phi) is 4.89. The van der Waals surface area contributed by atoms with Gasteiger partial charge in [-0.05, 0) is 6.42 Å². The first-order valence-electron chi connectivity index (χ1n) is 5.52. The average Bonchev–Trinajstić information content (AvgIpc) is 2.54. The van der Waals surface area contributed by atoms with E-state index in [1.165, 1.54) is 21.0 Å². The lowest BCUT2D eigenvalue weighted by Gasteiger charge is -2.21. The van der Waals surface area contributed by atoms with Crippen LogP contribution in [0.3, 0.4) is 0 Å². The molecule has 1 heterocycles. The summed E-state index contributed by atoms with van der Waals surface area (Å²) in [5.74, 6) is -0.951. The maximum absolute atomic E-state index is 11.0. The molecule has 1 saturated heterocycles. The van der Waals surface area contributed by atoms with Crippen LogP contribution in [0.25, 0.3) is 0 Å². The fourth-order valence-corrected chi connectivity index (χ4v) is 1.88. The first kappa shape index (κ1) is 13.9. The van der Waals surface area contributed by atoms with Crippen molar-refractivity contribution in [1.82, 2.24) is 0 Å². The molecule has 0 saturated carbocycles. The van der Waals surface area contributed by atoms with E-state index in [0.717, 1.165) is 0 Å². The molecule has 0 N–H and O–H groups in total. The Morgan fingerprint density at radius 2 is 1.71 bits per heavy atom. The second-order valence-electron chi connectivity index (χ2n) is 3.83. The Labute approximate surface area is 100 Å². The summed E-state index contributed by atoms with van der Waals surface area (Å²) < 4.78 is 20.8. The highest BCUT2D eigenvalue weighted by Crippen LogP contribution is 2.29. The van der Waals surface area contributed by atoms with E-state index in [1.54, 1.807) is 0 Å². The van der Waals surface area contributed by atoms with Crippen LogP contribution in [0.4, 0.5) is 0 Å². The Hall–Kier alpha value is -1.14. The molecule has 0 aromatic carbocycles. The SMILES string of the molecule is CC[C@H]1OC(OC(C)=O)C(OC(C)=O)[C@H]1OC. The lowest BCUT2D eigenvalue weighted by Crippen LogP contribution is -2.39. The summed E-state index contributed by atoms with van der Waals surface area (Å²) in [6.45, 7) is 4.48. The quantitative estimate of drug-likeness (QED) is 0.677. The first-order chi connectivity index (χ1) is 7.99. The third kappa shape index (κ3) is 3.41. The predicted molar refractivity (Wildman–Crippen MR) is 57.1 cm³/mol. The van der Waals surface area contributed by atoms with Gasteiger partial charge in [0.25, 0.3) is 0 Å². The highest BCUT2D eigenvalue weighted by molar-refractivity contribution is 5.67. The summed E-state index contributed by atoms with van der Waals surface area (Å²) in [4.78, 5) is 22.0. The molecule has 1 fully saturated rings. The van der Waals surface area contributed by atoms with Crippen LogP contribution in [0.1, 0.15) is 27.2 Å². The van der Waals surface area contributed by atoms with Crippen LogP contribution in [-0.4, -0.2) is 43.7 Å². The van der Waals surface area contributed by atoms with Crippen molar-refractivity contribution in [3.8, 4) is 0 Å². The Morgan fingerprint density at radius 1 is 1.12 bits per heavy atom. The Balaban J connectivity index is 2.80. The standard InChI is InChI=1S/C11H18O6/c1-5-8-9(14-4)10(15-6(2)12)11(17-8)16-7(3)13/h8-11H,5H2,1-4H3/t8-,9+,10?,11?/m1/s1. The zero-order valence-corrected chi connectivity index (χ0v) is 10.5. The molecule has 0 spiro atoms. The number of esters is 2. The highest BCUT2D eigenvalue weighted by Gasteiger charge is 2.48. The molecule has 98 valence electrons. The van der Waals surface area contributed by atoms with Gasteiger partial charge >= 0.3 is 11.9 Å². The predicted octanol–water partition coefficient (Wildman–Crippen LogP) is 0.631. The number of ether oxygens (including phenoxy) is 4. The molecule has 1 rings (SSSR count). The van der Waals surface area contributed by atoms with Gasteiger partial charge in [0, 0.05) is 21.0 Å². The Bertz CT molecular complexity index is 290. The molecule has 0 aliphatic carbocycles. The number of methoxy groups -OCH3 is 1. The molecule has 0 aromatic heterocycles. The second kappa shape index (κ2) is 5.97. The van der Waals surface area contributed by atoms with Gasteiger partial charge in [-0.15, -0.1) is 0 Å².